The molecular weight excluding hydrogens is 526 g/mol. The van der Waals surface area contributed by atoms with Gasteiger partial charge in [0.1, 0.15) is 5.54 Å². The highest BCUT2D eigenvalue weighted by molar-refractivity contribution is 5.88. The molecule has 43 heavy (non-hydrogen) atoms. The number of allylic oxidation sites excluding steroid dienone is 2. The summed E-state index contributed by atoms with van der Waals surface area (Å²) >= 11 is 0. The number of nitrogens with two attached hydrogens (primary N) is 2. The van der Waals surface area contributed by atoms with Gasteiger partial charge in [-0.15, -0.1) is 6.58 Å². The summed E-state index contributed by atoms with van der Waals surface area (Å²) in [6.07, 6.45) is 43.2. The van der Waals surface area contributed by atoms with E-state index in [0.29, 0.717) is 0 Å². The molecule has 0 bridgehead atoms. The summed E-state index contributed by atoms with van der Waals surface area (Å²) < 4.78 is 0. The van der Waals surface area contributed by atoms with Crippen LogP contribution in [0.3, 0.4) is 0 Å². The molecule has 0 aliphatic rings. The number of rotatable bonds is 34. The van der Waals surface area contributed by atoms with Crippen LogP contribution in [0.15, 0.2) is 24.8 Å². The summed E-state index contributed by atoms with van der Waals surface area (Å²) in [6.45, 7) is 10.0. The molecule has 4 nitrogen and oxygen atoms in total. The molecule has 0 aliphatic carbocycles. The van der Waals surface area contributed by atoms with E-state index < -0.39 is 5.54 Å². The van der Waals surface area contributed by atoms with Crippen molar-refractivity contribution in [3.05, 3.63) is 24.8 Å². The van der Waals surface area contributed by atoms with Gasteiger partial charge in [-0.05, 0) is 38.5 Å². The minimum Gasteiger partial charge on any atom is -0.341 e. The van der Waals surface area contributed by atoms with Gasteiger partial charge >= 0.3 is 0 Å². The van der Waals surface area contributed by atoms with Crippen molar-refractivity contribution >= 4 is 5.91 Å². The Hall–Kier alpha value is -1.13. The molecule has 4 heteroatoms. The van der Waals surface area contributed by atoms with Gasteiger partial charge in [-0.3, -0.25) is 4.79 Å². The van der Waals surface area contributed by atoms with Crippen molar-refractivity contribution in [2.45, 2.75) is 199 Å². The van der Waals surface area contributed by atoms with Crippen molar-refractivity contribution in [1.29, 1.82) is 0 Å². The zero-order chi connectivity index (χ0) is 31.7. The van der Waals surface area contributed by atoms with Crippen molar-refractivity contribution < 1.29 is 4.79 Å². The normalized spacial score (nSPS) is 13.0. The lowest BCUT2D eigenvalue weighted by molar-refractivity contribution is -0.135. The van der Waals surface area contributed by atoms with E-state index in [1.54, 1.807) is 0 Å². The summed E-state index contributed by atoms with van der Waals surface area (Å²) in [6, 6.07) is 0. The maximum Gasteiger partial charge on any atom is 0.247 e. The summed E-state index contributed by atoms with van der Waals surface area (Å²) in [4.78, 5) is 15.2. The first-order chi connectivity index (χ1) is 21.1. The summed E-state index contributed by atoms with van der Waals surface area (Å²) in [7, 11) is 0. The molecule has 4 N–H and O–H groups in total. The molecule has 0 heterocycles. The molecule has 0 aromatic carbocycles. The first kappa shape index (κ1) is 41.9. The van der Waals surface area contributed by atoms with Crippen molar-refractivity contribution in [2.75, 3.05) is 19.6 Å². The van der Waals surface area contributed by atoms with Crippen LogP contribution < -0.4 is 11.5 Å². The Labute approximate surface area is 270 Å². The van der Waals surface area contributed by atoms with Crippen LogP contribution in [-0.2, 0) is 4.79 Å². The lowest BCUT2D eigenvalue weighted by atomic mass is 9.98. The van der Waals surface area contributed by atoms with E-state index in [0.717, 1.165) is 25.9 Å². The summed E-state index contributed by atoms with van der Waals surface area (Å²) in [5.74, 6) is -0.0487. The second-order valence-electron chi connectivity index (χ2n) is 13.3. The maximum absolute atomic E-state index is 13.2. The fourth-order valence-electron chi connectivity index (χ4n) is 5.91. The minimum atomic E-state index is -1.14. The maximum atomic E-state index is 13.2. The highest BCUT2D eigenvalue weighted by atomic mass is 16.2. The SMILES string of the molecule is C=CC(N)(CN)C(=O)N(CCCCCCCC/C=C\CCCCCCCC)CCCCCCCCCCCCCCCC. The van der Waals surface area contributed by atoms with Crippen LogP contribution in [0.2, 0.25) is 0 Å². The van der Waals surface area contributed by atoms with E-state index in [1.165, 1.54) is 173 Å². The number of hydrogen-bond acceptors (Lipinski definition) is 3. The average molecular weight is 604 g/mol. The average Bonchev–Trinajstić information content (AvgIpc) is 3.02. The number of carbonyl (C=O) groups is 1. The van der Waals surface area contributed by atoms with Crippen LogP contribution in [0.4, 0.5) is 0 Å². The van der Waals surface area contributed by atoms with Crippen molar-refractivity contribution in [2.24, 2.45) is 11.5 Å². The number of nitrogens with zero attached hydrogens (tertiary/aromatic N) is 1. The number of hydrogen-bond donors (Lipinski definition) is 2. The monoisotopic (exact) mass is 604 g/mol. The molecular formula is C39H77N3O. The van der Waals surface area contributed by atoms with Crippen molar-refractivity contribution in [3.63, 3.8) is 0 Å². The molecule has 254 valence electrons. The standard InChI is InChI=1S/C39H77N3O/c1-4-7-9-11-13-15-17-19-21-22-24-26-28-30-32-34-36-42(38(43)39(41,6-3)37-40)35-33-31-29-27-25-23-20-18-16-14-12-10-8-5-2/h6,19,21H,3-5,7-18,20,22-37,40-41H2,1-2H3/b21-19-. The van der Waals surface area contributed by atoms with Crippen LogP contribution in [0.5, 0.6) is 0 Å². The second-order valence-corrected chi connectivity index (χ2v) is 13.3. The Kier molecular flexibility index (Phi) is 31.4. The van der Waals surface area contributed by atoms with E-state index in [1.807, 2.05) is 4.90 Å². The van der Waals surface area contributed by atoms with Crippen LogP contribution in [0.25, 0.3) is 0 Å². The third kappa shape index (κ3) is 25.9. The molecule has 0 spiro atoms. The van der Waals surface area contributed by atoms with Crippen molar-refractivity contribution in [3.8, 4) is 0 Å². The van der Waals surface area contributed by atoms with Gasteiger partial charge in [-0.25, -0.2) is 0 Å². The predicted octanol–water partition coefficient (Wildman–Crippen LogP) is 11.2. The molecule has 0 aromatic rings. The Morgan fingerprint density at radius 3 is 1.16 bits per heavy atom. The van der Waals surface area contributed by atoms with Gasteiger partial charge < -0.3 is 16.4 Å². The quantitative estimate of drug-likeness (QED) is 0.0567. The van der Waals surface area contributed by atoms with Crippen molar-refractivity contribution in [1.82, 2.24) is 4.90 Å². The highest BCUT2D eigenvalue weighted by Crippen LogP contribution is 2.16. The third-order valence-electron chi connectivity index (χ3n) is 9.11. The zero-order valence-corrected chi connectivity index (χ0v) is 29.4. The first-order valence-electron chi connectivity index (χ1n) is 19.1. The van der Waals surface area contributed by atoms with Gasteiger partial charge in [0.2, 0.25) is 5.91 Å². The Morgan fingerprint density at radius 2 is 0.860 bits per heavy atom. The molecule has 0 saturated carbocycles. The Bertz CT molecular complexity index is 634. The first-order valence-corrected chi connectivity index (χ1v) is 19.1. The lowest BCUT2D eigenvalue weighted by Crippen LogP contribution is -2.58. The fourth-order valence-corrected chi connectivity index (χ4v) is 5.91. The molecule has 1 amide bonds. The van der Waals surface area contributed by atoms with E-state index in [-0.39, 0.29) is 12.5 Å². The third-order valence-corrected chi connectivity index (χ3v) is 9.11. The van der Waals surface area contributed by atoms with Gasteiger partial charge in [0.25, 0.3) is 0 Å². The number of unbranched alkanes of at least 4 members (excludes halogenated alkanes) is 25. The molecule has 1 atom stereocenters. The van der Waals surface area contributed by atoms with Gasteiger partial charge in [0.15, 0.2) is 0 Å². The Balaban J connectivity index is 4.00. The fraction of sp³-hybridized carbons (Fsp3) is 0.872. The van der Waals surface area contributed by atoms with Crippen LogP contribution in [0, 0.1) is 0 Å². The van der Waals surface area contributed by atoms with Crippen LogP contribution in [0.1, 0.15) is 194 Å². The summed E-state index contributed by atoms with van der Waals surface area (Å²) in [5, 5.41) is 0. The molecule has 1 unspecified atom stereocenters. The van der Waals surface area contributed by atoms with Crippen LogP contribution in [-0.4, -0.2) is 36.0 Å². The van der Waals surface area contributed by atoms with E-state index in [2.05, 4.69) is 32.6 Å². The molecule has 0 aromatic heterocycles. The summed E-state index contributed by atoms with van der Waals surface area (Å²) in [5.41, 5.74) is 11.1. The van der Waals surface area contributed by atoms with Gasteiger partial charge in [-0.2, -0.15) is 0 Å². The molecule has 0 saturated heterocycles. The van der Waals surface area contributed by atoms with Gasteiger partial charge in [0, 0.05) is 19.6 Å². The van der Waals surface area contributed by atoms with Gasteiger partial charge in [-0.1, -0.05) is 173 Å². The second kappa shape index (κ2) is 32.3. The molecule has 0 rings (SSSR count). The van der Waals surface area contributed by atoms with E-state index in [4.69, 9.17) is 11.5 Å². The predicted molar refractivity (Wildman–Crippen MR) is 193 cm³/mol. The largest absolute Gasteiger partial charge is 0.341 e. The van der Waals surface area contributed by atoms with Gasteiger partial charge in [0.05, 0.1) is 0 Å². The minimum absolute atomic E-state index is 0.0487. The van der Waals surface area contributed by atoms with E-state index >= 15 is 0 Å². The number of carbonyl (C=O) groups excluding carboxylic acids is 1. The molecule has 0 fully saturated rings. The Morgan fingerprint density at radius 1 is 0.558 bits per heavy atom. The molecule has 0 aliphatic heterocycles. The zero-order valence-electron chi connectivity index (χ0n) is 29.4. The van der Waals surface area contributed by atoms with E-state index in [9.17, 15) is 4.79 Å². The molecule has 0 radical (unpaired) electrons. The smallest absolute Gasteiger partial charge is 0.247 e. The topological polar surface area (TPSA) is 72.3 Å². The highest BCUT2D eigenvalue weighted by Gasteiger charge is 2.32. The number of amides is 1. The van der Waals surface area contributed by atoms with Crippen LogP contribution >= 0.6 is 0 Å². The lowest BCUT2D eigenvalue weighted by Gasteiger charge is -2.31.